The van der Waals surface area contributed by atoms with Crippen LogP contribution < -0.4 is 5.32 Å². The maximum Gasteiger partial charge on any atom is 0.243 e. The van der Waals surface area contributed by atoms with Crippen LogP contribution in [0.25, 0.3) is 0 Å². The molecule has 2 aromatic carbocycles. The third kappa shape index (κ3) is 5.57. The average Bonchev–Trinajstić information content (AvgIpc) is 2.64. The van der Waals surface area contributed by atoms with Crippen LogP contribution in [0.1, 0.15) is 25.0 Å². The Kier molecular flexibility index (Phi) is 7.47. The van der Waals surface area contributed by atoms with Crippen molar-refractivity contribution >= 4 is 33.4 Å². The van der Waals surface area contributed by atoms with Gasteiger partial charge in [-0.3, -0.25) is 4.79 Å². The van der Waals surface area contributed by atoms with Crippen LogP contribution in [0.5, 0.6) is 0 Å². The SMILES string of the molecule is CCN(CC)S(=O)(=O)c1ccc(NC(=O)CSc2ccc(C)c(C)c2)cc1. The molecule has 0 fully saturated rings. The zero-order valence-electron chi connectivity index (χ0n) is 16.2. The van der Waals surface area contributed by atoms with Gasteiger partial charge < -0.3 is 5.32 Å². The fraction of sp³-hybridized carbons (Fsp3) is 0.350. The van der Waals surface area contributed by atoms with Crippen molar-refractivity contribution in [1.82, 2.24) is 4.31 Å². The molecule has 0 heterocycles. The molecule has 2 aromatic rings. The number of benzene rings is 2. The zero-order valence-corrected chi connectivity index (χ0v) is 17.8. The third-order valence-corrected chi connectivity index (χ3v) is 7.39. The van der Waals surface area contributed by atoms with E-state index in [4.69, 9.17) is 0 Å². The summed E-state index contributed by atoms with van der Waals surface area (Å²) in [5.41, 5.74) is 3.01. The Morgan fingerprint density at radius 3 is 2.19 bits per heavy atom. The summed E-state index contributed by atoms with van der Waals surface area (Å²) >= 11 is 1.47. The van der Waals surface area contributed by atoms with Crippen LogP contribution >= 0.6 is 11.8 Å². The van der Waals surface area contributed by atoms with Gasteiger partial charge in [-0.25, -0.2) is 8.42 Å². The number of thioether (sulfide) groups is 1. The van der Waals surface area contributed by atoms with Crippen LogP contribution in [0.3, 0.4) is 0 Å². The standard InChI is InChI=1S/C20H26N2O3S2/c1-5-22(6-2)27(24,25)19-11-8-17(9-12-19)21-20(23)14-26-18-10-7-15(3)16(4)13-18/h7-13H,5-6,14H2,1-4H3,(H,21,23). The van der Waals surface area contributed by atoms with Crippen molar-refractivity contribution < 1.29 is 13.2 Å². The number of aryl methyl sites for hydroxylation is 2. The van der Waals surface area contributed by atoms with Gasteiger partial charge in [-0.1, -0.05) is 19.9 Å². The molecule has 0 aromatic heterocycles. The molecular formula is C20H26N2O3S2. The first-order valence-corrected chi connectivity index (χ1v) is 11.3. The molecule has 0 atom stereocenters. The van der Waals surface area contributed by atoms with E-state index in [0.29, 0.717) is 24.5 Å². The predicted molar refractivity (Wildman–Crippen MR) is 112 cm³/mol. The molecule has 0 saturated heterocycles. The highest BCUT2D eigenvalue weighted by molar-refractivity contribution is 8.00. The van der Waals surface area contributed by atoms with Crippen molar-refractivity contribution in [3.05, 3.63) is 53.6 Å². The number of amides is 1. The summed E-state index contributed by atoms with van der Waals surface area (Å²) in [7, 11) is -3.48. The molecule has 0 bridgehead atoms. The van der Waals surface area contributed by atoms with E-state index in [1.54, 1.807) is 12.1 Å². The second kappa shape index (κ2) is 9.39. The molecule has 27 heavy (non-hydrogen) atoms. The van der Waals surface area contributed by atoms with Gasteiger partial charge in [-0.05, 0) is 61.4 Å². The van der Waals surface area contributed by atoms with E-state index in [1.165, 1.54) is 39.3 Å². The number of hydrogen-bond donors (Lipinski definition) is 1. The lowest BCUT2D eigenvalue weighted by Gasteiger charge is -2.18. The minimum Gasteiger partial charge on any atom is -0.325 e. The zero-order chi connectivity index (χ0) is 20.0. The fourth-order valence-electron chi connectivity index (χ4n) is 2.57. The average molecular weight is 407 g/mol. The molecule has 0 aliphatic carbocycles. The lowest BCUT2D eigenvalue weighted by Crippen LogP contribution is -2.30. The topological polar surface area (TPSA) is 66.5 Å². The Morgan fingerprint density at radius 1 is 1.00 bits per heavy atom. The molecule has 7 heteroatoms. The number of nitrogens with zero attached hydrogens (tertiary/aromatic N) is 1. The van der Waals surface area contributed by atoms with Gasteiger partial charge >= 0.3 is 0 Å². The number of rotatable bonds is 8. The number of nitrogens with one attached hydrogen (secondary N) is 1. The summed E-state index contributed by atoms with van der Waals surface area (Å²) in [4.78, 5) is 13.4. The number of carbonyl (C=O) groups excluding carboxylic acids is 1. The van der Waals surface area contributed by atoms with Gasteiger partial charge in [-0.15, -0.1) is 11.8 Å². The summed E-state index contributed by atoms with van der Waals surface area (Å²) in [6.07, 6.45) is 0. The van der Waals surface area contributed by atoms with Crippen LogP contribution in [0.4, 0.5) is 5.69 Å². The van der Waals surface area contributed by atoms with Gasteiger partial charge in [0.05, 0.1) is 10.6 Å². The molecular weight excluding hydrogens is 380 g/mol. The maximum atomic E-state index is 12.5. The van der Waals surface area contributed by atoms with Gasteiger partial charge in [0.15, 0.2) is 0 Å². The molecule has 146 valence electrons. The van der Waals surface area contributed by atoms with Gasteiger partial charge in [0.2, 0.25) is 15.9 Å². The molecule has 1 amide bonds. The van der Waals surface area contributed by atoms with Crippen LogP contribution in [0.15, 0.2) is 52.3 Å². The van der Waals surface area contributed by atoms with Crippen molar-refractivity contribution in [3.63, 3.8) is 0 Å². The van der Waals surface area contributed by atoms with Gasteiger partial charge in [0, 0.05) is 23.7 Å². The van der Waals surface area contributed by atoms with Crippen molar-refractivity contribution in [1.29, 1.82) is 0 Å². The minimum absolute atomic E-state index is 0.127. The second-order valence-electron chi connectivity index (χ2n) is 6.20. The van der Waals surface area contributed by atoms with Gasteiger partial charge in [0.1, 0.15) is 0 Å². The van der Waals surface area contributed by atoms with Crippen molar-refractivity contribution in [2.75, 3.05) is 24.2 Å². The molecule has 0 unspecified atom stereocenters. The van der Waals surface area contributed by atoms with Crippen molar-refractivity contribution in [2.24, 2.45) is 0 Å². The summed E-state index contributed by atoms with van der Waals surface area (Å²) in [6, 6.07) is 12.4. The Balaban J connectivity index is 1.97. The largest absolute Gasteiger partial charge is 0.325 e. The molecule has 0 radical (unpaired) electrons. The first-order chi connectivity index (χ1) is 12.8. The Bertz CT molecular complexity index is 890. The van der Waals surface area contributed by atoms with Crippen LogP contribution in [-0.4, -0.2) is 37.5 Å². The van der Waals surface area contributed by atoms with Gasteiger partial charge in [-0.2, -0.15) is 4.31 Å². The lowest BCUT2D eigenvalue weighted by atomic mass is 10.1. The van der Waals surface area contributed by atoms with Crippen LogP contribution in [0, 0.1) is 13.8 Å². The normalized spacial score (nSPS) is 11.6. The summed E-state index contributed by atoms with van der Waals surface area (Å²) in [6.45, 7) is 8.57. The second-order valence-corrected chi connectivity index (χ2v) is 9.18. The molecule has 1 N–H and O–H groups in total. The summed E-state index contributed by atoms with van der Waals surface area (Å²) < 4.78 is 26.4. The van der Waals surface area contributed by atoms with E-state index in [9.17, 15) is 13.2 Å². The molecule has 0 aliphatic rings. The maximum absolute atomic E-state index is 12.5. The highest BCUT2D eigenvalue weighted by Crippen LogP contribution is 2.22. The smallest absolute Gasteiger partial charge is 0.243 e. The fourth-order valence-corrected chi connectivity index (χ4v) is 4.82. The van der Waals surface area contributed by atoms with E-state index in [2.05, 4.69) is 18.3 Å². The Morgan fingerprint density at radius 2 is 1.63 bits per heavy atom. The van der Waals surface area contributed by atoms with E-state index in [-0.39, 0.29) is 10.8 Å². The monoisotopic (exact) mass is 406 g/mol. The Labute approximate surface area is 166 Å². The van der Waals surface area contributed by atoms with Crippen LogP contribution in [-0.2, 0) is 14.8 Å². The van der Waals surface area contributed by atoms with E-state index in [1.807, 2.05) is 32.9 Å². The lowest BCUT2D eigenvalue weighted by molar-refractivity contribution is -0.113. The predicted octanol–water partition coefficient (Wildman–Crippen LogP) is 4.06. The quantitative estimate of drug-likeness (QED) is 0.671. The summed E-state index contributed by atoms with van der Waals surface area (Å²) in [5.74, 6) is 0.166. The minimum atomic E-state index is -3.48. The highest BCUT2D eigenvalue weighted by Gasteiger charge is 2.21. The number of anilines is 1. The highest BCUT2D eigenvalue weighted by atomic mass is 32.2. The third-order valence-electron chi connectivity index (χ3n) is 4.33. The van der Waals surface area contributed by atoms with E-state index in [0.717, 1.165) is 4.90 Å². The number of hydrogen-bond acceptors (Lipinski definition) is 4. The molecule has 0 saturated carbocycles. The van der Waals surface area contributed by atoms with Crippen molar-refractivity contribution in [3.8, 4) is 0 Å². The van der Waals surface area contributed by atoms with E-state index >= 15 is 0 Å². The van der Waals surface area contributed by atoms with Gasteiger partial charge in [0.25, 0.3) is 0 Å². The summed E-state index contributed by atoms with van der Waals surface area (Å²) in [5, 5.41) is 2.81. The number of sulfonamides is 1. The van der Waals surface area contributed by atoms with Crippen molar-refractivity contribution in [2.45, 2.75) is 37.5 Å². The first-order valence-electron chi connectivity index (χ1n) is 8.88. The molecule has 5 nitrogen and oxygen atoms in total. The molecule has 0 aliphatic heterocycles. The van der Waals surface area contributed by atoms with E-state index < -0.39 is 10.0 Å². The van der Waals surface area contributed by atoms with Crippen LogP contribution in [0.2, 0.25) is 0 Å². The molecule has 2 rings (SSSR count). The number of carbonyl (C=O) groups is 1. The molecule has 0 spiro atoms. The first kappa shape index (κ1) is 21.5. The Hall–Kier alpha value is -1.83.